The number of para-hydroxylation sites is 2. The van der Waals surface area contributed by atoms with Gasteiger partial charge < -0.3 is 14.5 Å². The second kappa shape index (κ2) is 9.58. The summed E-state index contributed by atoms with van der Waals surface area (Å²) in [5.41, 5.74) is 0.618. The molecule has 34 heavy (non-hydrogen) atoms. The predicted molar refractivity (Wildman–Crippen MR) is 129 cm³/mol. The number of halogens is 1. The number of hydrogen-bond acceptors (Lipinski definition) is 6. The van der Waals surface area contributed by atoms with Gasteiger partial charge in [0.15, 0.2) is 0 Å². The van der Waals surface area contributed by atoms with Crippen molar-refractivity contribution in [3.63, 3.8) is 0 Å². The summed E-state index contributed by atoms with van der Waals surface area (Å²) in [7, 11) is -3.99. The Labute approximate surface area is 200 Å². The number of nitrogens with one attached hydrogen (secondary N) is 2. The molecule has 1 heterocycles. The van der Waals surface area contributed by atoms with Gasteiger partial charge in [0, 0.05) is 10.4 Å². The molecule has 0 aliphatic heterocycles. The third-order valence-corrected chi connectivity index (χ3v) is 6.47. The molecule has 1 aromatic heterocycles. The van der Waals surface area contributed by atoms with Crippen LogP contribution >= 0.6 is 11.6 Å². The van der Waals surface area contributed by atoms with Crippen LogP contribution in [0.1, 0.15) is 27.8 Å². The summed E-state index contributed by atoms with van der Waals surface area (Å²) in [6.07, 6.45) is 0. The van der Waals surface area contributed by atoms with Crippen molar-refractivity contribution in [2.75, 3.05) is 16.6 Å². The Kier molecular flexibility index (Phi) is 6.58. The number of benzene rings is 3. The SMILES string of the molecule is CCOC(=O)c1oc2ccccc2c1NC(=O)c1ccccc1NS(=O)(=O)c1ccc(Cl)cc1. The highest BCUT2D eigenvalue weighted by Crippen LogP contribution is 2.32. The molecule has 0 saturated carbocycles. The molecule has 174 valence electrons. The van der Waals surface area contributed by atoms with E-state index >= 15 is 0 Å². The summed E-state index contributed by atoms with van der Waals surface area (Å²) < 4.78 is 38.8. The van der Waals surface area contributed by atoms with E-state index in [0.717, 1.165) is 0 Å². The average Bonchev–Trinajstić information content (AvgIpc) is 3.18. The maximum absolute atomic E-state index is 13.2. The first-order valence-electron chi connectivity index (χ1n) is 10.2. The first-order chi connectivity index (χ1) is 16.3. The minimum Gasteiger partial charge on any atom is -0.460 e. The third-order valence-electron chi connectivity index (χ3n) is 4.83. The van der Waals surface area contributed by atoms with E-state index in [0.29, 0.717) is 16.0 Å². The van der Waals surface area contributed by atoms with Crippen LogP contribution in [0.15, 0.2) is 82.1 Å². The van der Waals surface area contributed by atoms with E-state index in [1.807, 2.05) is 0 Å². The van der Waals surface area contributed by atoms with Gasteiger partial charge in [0.1, 0.15) is 11.3 Å². The summed E-state index contributed by atoms with van der Waals surface area (Å²) in [4.78, 5) is 25.6. The van der Waals surface area contributed by atoms with Crippen molar-refractivity contribution >= 4 is 55.8 Å². The first-order valence-corrected chi connectivity index (χ1v) is 12.0. The van der Waals surface area contributed by atoms with E-state index in [1.165, 1.54) is 36.4 Å². The highest BCUT2D eigenvalue weighted by Gasteiger charge is 2.25. The van der Waals surface area contributed by atoms with E-state index in [1.54, 1.807) is 43.3 Å². The Morgan fingerprint density at radius 2 is 1.65 bits per heavy atom. The summed E-state index contributed by atoms with van der Waals surface area (Å²) in [6.45, 7) is 1.78. The van der Waals surface area contributed by atoms with Gasteiger partial charge in [-0.15, -0.1) is 0 Å². The zero-order valence-electron chi connectivity index (χ0n) is 17.9. The average molecular weight is 499 g/mol. The predicted octanol–water partition coefficient (Wildman–Crippen LogP) is 5.32. The molecule has 0 aliphatic rings. The summed E-state index contributed by atoms with van der Waals surface area (Å²) >= 11 is 5.84. The minimum atomic E-state index is -3.99. The molecule has 8 nitrogen and oxygen atoms in total. The summed E-state index contributed by atoms with van der Waals surface area (Å²) in [6, 6.07) is 18.5. The number of amides is 1. The van der Waals surface area contributed by atoms with Gasteiger partial charge in [-0.1, -0.05) is 35.9 Å². The van der Waals surface area contributed by atoms with Gasteiger partial charge in [-0.3, -0.25) is 9.52 Å². The van der Waals surface area contributed by atoms with Crippen LogP contribution < -0.4 is 10.0 Å². The van der Waals surface area contributed by atoms with Crippen LogP contribution in [-0.4, -0.2) is 26.9 Å². The second-order valence-electron chi connectivity index (χ2n) is 7.08. The number of esters is 1. The number of hydrogen-bond donors (Lipinski definition) is 2. The fraction of sp³-hybridized carbons (Fsp3) is 0.0833. The number of furan rings is 1. The summed E-state index contributed by atoms with van der Waals surface area (Å²) in [5, 5.41) is 3.57. The molecule has 4 aromatic rings. The highest BCUT2D eigenvalue weighted by molar-refractivity contribution is 7.92. The van der Waals surface area contributed by atoms with E-state index < -0.39 is 21.9 Å². The van der Waals surface area contributed by atoms with Crippen molar-refractivity contribution in [2.45, 2.75) is 11.8 Å². The van der Waals surface area contributed by atoms with Crippen molar-refractivity contribution in [1.29, 1.82) is 0 Å². The van der Waals surface area contributed by atoms with Crippen LogP contribution in [0.2, 0.25) is 5.02 Å². The van der Waals surface area contributed by atoms with E-state index in [4.69, 9.17) is 20.8 Å². The Balaban J connectivity index is 1.68. The topological polar surface area (TPSA) is 115 Å². The zero-order valence-corrected chi connectivity index (χ0v) is 19.4. The number of ether oxygens (including phenoxy) is 1. The molecule has 1 amide bonds. The zero-order chi connectivity index (χ0) is 24.3. The van der Waals surface area contributed by atoms with Crippen molar-refractivity contribution in [3.8, 4) is 0 Å². The van der Waals surface area contributed by atoms with Crippen molar-refractivity contribution in [1.82, 2.24) is 0 Å². The van der Waals surface area contributed by atoms with Crippen LogP contribution in [0.4, 0.5) is 11.4 Å². The standard InChI is InChI=1S/C24H19ClN2O6S/c1-2-32-24(29)22-21(18-8-4-6-10-20(18)33-22)26-23(28)17-7-3-5-9-19(17)27-34(30,31)16-13-11-15(25)12-14-16/h3-14,27H,2H2,1H3,(H,26,28). The smallest absolute Gasteiger partial charge is 0.376 e. The molecule has 0 atom stereocenters. The Morgan fingerprint density at radius 1 is 0.971 bits per heavy atom. The minimum absolute atomic E-state index is 0.0162. The van der Waals surface area contributed by atoms with E-state index in [9.17, 15) is 18.0 Å². The Morgan fingerprint density at radius 3 is 2.38 bits per heavy atom. The normalized spacial score (nSPS) is 11.2. The lowest BCUT2D eigenvalue weighted by Crippen LogP contribution is -2.19. The lowest BCUT2D eigenvalue weighted by Gasteiger charge is -2.13. The molecule has 2 N–H and O–H groups in total. The molecule has 10 heteroatoms. The molecule has 0 spiro atoms. The molecule has 0 saturated heterocycles. The fourth-order valence-electron chi connectivity index (χ4n) is 3.28. The van der Waals surface area contributed by atoms with Crippen molar-refractivity contribution in [2.24, 2.45) is 0 Å². The van der Waals surface area contributed by atoms with Gasteiger partial charge >= 0.3 is 5.97 Å². The van der Waals surface area contributed by atoms with Crippen LogP contribution in [0, 0.1) is 0 Å². The molecule has 0 fully saturated rings. The van der Waals surface area contributed by atoms with E-state index in [-0.39, 0.29) is 34.2 Å². The van der Waals surface area contributed by atoms with Gasteiger partial charge in [-0.2, -0.15) is 0 Å². The van der Waals surface area contributed by atoms with E-state index in [2.05, 4.69) is 10.0 Å². The maximum atomic E-state index is 13.2. The largest absolute Gasteiger partial charge is 0.460 e. The van der Waals surface area contributed by atoms with Crippen LogP contribution in [0.5, 0.6) is 0 Å². The van der Waals surface area contributed by atoms with Crippen molar-refractivity contribution in [3.05, 3.63) is 89.1 Å². The molecule has 0 aliphatic carbocycles. The monoisotopic (exact) mass is 498 g/mol. The molecule has 4 rings (SSSR count). The van der Waals surface area contributed by atoms with Gasteiger partial charge in [0.05, 0.1) is 22.8 Å². The molecule has 3 aromatic carbocycles. The van der Waals surface area contributed by atoms with Gasteiger partial charge in [0.2, 0.25) is 5.76 Å². The number of rotatable bonds is 7. The van der Waals surface area contributed by atoms with Crippen molar-refractivity contribution < 1.29 is 27.2 Å². The van der Waals surface area contributed by atoms with Gasteiger partial charge in [0.25, 0.3) is 15.9 Å². The van der Waals surface area contributed by atoms with Gasteiger partial charge in [-0.05, 0) is 55.5 Å². The number of carbonyl (C=O) groups is 2. The summed E-state index contributed by atoms with van der Waals surface area (Å²) in [5.74, 6) is -1.53. The van der Waals surface area contributed by atoms with Crippen LogP contribution in [0.3, 0.4) is 0 Å². The molecular formula is C24H19ClN2O6S. The molecule has 0 unspecified atom stereocenters. The number of anilines is 2. The maximum Gasteiger partial charge on any atom is 0.376 e. The molecular weight excluding hydrogens is 480 g/mol. The number of carbonyl (C=O) groups excluding carboxylic acids is 2. The Bertz CT molecular complexity index is 1480. The lowest BCUT2D eigenvalue weighted by molar-refractivity contribution is 0.0494. The van der Waals surface area contributed by atoms with Crippen LogP contribution in [-0.2, 0) is 14.8 Å². The third kappa shape index (κ3) is 4.75. The van der Waals surface area contributed by atoms with Crippen LogP contribution in [0.25, 0.3) is 11.0 Å². The molecule has 0 radical (unpaired) electrons. The Hall–Kier alpha value is -3.82. The lowest BCUT2D eigenvalue weighted by atomic mass is 10.1. The number of fused-ring (bicyclic) bond motifs is 1. The fourth-order valence-corrected chi connectivity index (χ4v) is 4.48. The van der Waals surface area contributed by atoms with Gasteiger partial charge in [-0.25, -0.2) is 13.2 Å². The second-order valence-corrected chi connectivity index (χ2v) is 9.20. The number of sulfonamides is 1. The molecule has 0 bridgehead atoms. The quantitative estimate of drug-likeness (QED) is 0.333. The highest BCUT2D eigenvalue weighted by atomic mass is 35.5. The first kappa shape index (κ1) is 23.3.